The number of hydrogen-bond donors (Lipinski definition) is 2. The number of ether oxygens (including phenoxy) is 1. The van der Waals surface area contributed by atoms with E-state index in [1.165, 1.54) is 5.56 Å². The van der Waals surface area contributed by atoms with Gasteiger partial charge in [0, 0.05) is 0 Å². The van der Waals surface area contributed by atoms with Gasteiger partial charge in [0.1, 0.15) is 18.4 Å². The second kappa shape index (κ2) is 7.79. The predicted octanol–water partition coefficient (Wildman–Crippen LogP) is 2.64. The third-order valence-corrected chi connectivity index (χ3v) is 2.90. The number of benzene rings is 1. The lowest BCUT2D eigenvalue weighted by atomic mass is 10.0. The first-order valence-electron chi connectivity index (χ1n) is 6.73. The fourth-order valence-corrected chi connectivity index (χ4v) is 1.66. The van der Waals surface area contributed by atoms with Crippen molar-refractivity contribution in [1.82, 2.24) is 5.32 Å². The second-order valence-electron chi connectivity index (χ2n) is 4.88. The molecule has 1 rings (SSSR count). The third-order valence-electron chi connectivity index (χ3n) is 2.90. The highest BCUT2D eigenvalue weighted by Crippen LogP contribution is 2.18. The molecular weight excluding hydrogens is 242 g/mol. The van der Waals surface area contributed by atoms with Crippen LogP contribution < -0.4 is 10.1 Å². The Kier molecular flexibility index (Phi) is 6.36. The molecule has 2 N–H and O–H groups in total. The van der Waals surface area contributed by atoms with E-state index in [9.17, 15) is 4.79 Å². The SMILES string of the molecule is CCCNC(COc1ccc(C(C)C)cc1)C(=O)O. The smallest absolute Gasteiger partial charge is 0.324 e. The average molecular weight is 265 g/mol. The van der Waals surface area contributed by atoms with Gasteiger partial charge in [-0.2, -0.15) is 0 Å². The number of carboxylic acids is 1. The summed E-state index contributed by atoms with van der Waals surface area (Å²) in [4.78, 5) is 11.0. The molecule has 4 nitrogen and oxygen atoms in total. The summed E-state index contributed by atoms with van der Waals surface area (Å²) in [5.41, 5.74) is 1.24. The van der Waals surface area contributed by atoms with Crippen molar-refractivity contribution < 1.29 is 14.6 Å². The van der Waals surface area contributed by atoms with Crippen molar-refractivity contribution in [2.75, 3.05) is 13.2 Å². The van der Waals surface area contributed by atoms with Crippen LogP contribution in [0.25, 0.3) is 0 Å². The Labute approximate surface area is 114 Å². The third kappa shape index (κ3) is 5.30. The lowest BCUT2D eigenvalue weighted by Gasteiger charge is -2.15. The number of carboxylic acid groups (broad SMARTS) is 1. The summed E-state index contributed by atoms with van der Waals surface area (Å²) in [5, 5.41) is 12.0. The highest BCUT2D eigenvalue weighted by molar-refractivity contribution is 5.73. The van der Waals surface area contributed by atoms with E-state index < -0.39 is 12.0 Å². The normalized spacial score (nSPS) is 12.4. The molecular formula is C15H23NO3. The molecule has 0 radical (unpaired) electrons. The molecule has 0 spiro atoms. The van der Waals surface area contributed by atoms with Crippen LogP contribution in [0, 0.1) is 0 Å². The topological polar surface area (TPSA) is 58.6 Å². The molecule has 1 unspecified atom stereocenters. The number of hydrogen-bond acceptors (Lipinski definition) is 3. The van der Waals surface area contributed by atoms with E-state index >= 15 is 0 Å². The summed E-state index contributed by atoms with van der Waals surface area (Å²) >= 11 is 0. The first-order chi connectivity index (χ1) is 9.04. The summed E-state index contributed by atoms with van der Waals surface area (Å²) in [5.74, 6) is 0.299. The first-order valence-corrected chi connectivity index (χ1v) is 6.73. The van der Waals surface area contributed by atoms with Gasteiger partial charge in [-0.1, -0.05) is 32.9 Å². The van der Waals surface area contributed by atoms with Crippen LogP contribution in [0.4, 0.5) is 0 Å². The summed E-state index contributed by atoms with van der Waals surface area (Å²) in [7, 11) is 0. The van der Waals surface area contributed by atoms with E-state index in [2.05, 4.69) is 19.2 Å². The maximum Gasteiger partial charge on any atom is 0.324 e. The molecule has 0 amide bonds. The van der Waals surface area contributed by atoms with Crippen LogP contribution in [0.3, 0.4) is 0 Å². The van der Waals surface area contributed by atoms with E-state index in [0.29, 0.717) is 18.2 Å². The highest BCUT2D eigenvalue weighted by atomic mass is 16.5. The van der Waals surface area contributed by atoms with Crippen molar-refractivity contribution in [3.8, 4) is 5.75 Å². The Hall–Kier alpha value is -1.55. The minimum absolute atomic E-state index is 0.135. The van der Waals surface area contributed by atoms with Crippen LogP contribution in [0.2, 0.25) is 0 Å². The van der Waals surface area contributed by atoms with Crippen molar-refractivity contribution in [2.45, 2.75) is 39.2 Å². The molecule has 106 valence electrons. The molecule has 0 bridgehead atoms. The van der Waals surface area contributed by atoms with Crippen LogP contribution in [0.1, 0.15) is 38.7 Å². The molecule has 1 aromatic rings. The summed E-state index contributed by atoms with van der Waals surface area (Å²) in [6, 6.07) is 7.12. The quantitative estimate of drug-likeness (QED) is 0.758. The molecule has 0 saturated carbocycles. The fourth-order valence-electron chi connectivity index (χ4n) is 1.66. The van der Waals surface area contributed by atoms with E-state index in [0.717, 1.165) is 6.42 Å². The van der Waals surface area contributed by atoms with Crippen molar-refractivity contribution in [3.63, 3.8) is 0 Å². The Morgan fingerprint density at radius 3 is 2.42 bits per heavy atom. The standard InChI is InChI=1S/C15H23NO3/c1-4-9-16-14(15(17)18)10-19-13-7-5-12(6-8-13)11(2)3/h5-8,11,14,16H,4,9-10H2,1-3H3,(H,17,18). The van der Waals surface area contributed by atoms with Crippen LogP contribution in [0.15, 0.2) is 24.3 Å². The Balaban J connectivity index is 2.51. The van der Waals surface area contributed by atoms with Gasteiger partial charge >= 0.3 is 5.97 Å². The molecule has 0 fully saturated rings. The molecule has 1 atom stereocenters. The van der Waals surface area contributed by atoms with Gasteiger partial charge < -0.3 is 15.2 Å². The molecule has 19 heavy (non-hydrogen) atoms. The first kappa shape index (κ1) is 15.5. The Bertz CT molecular complexity index is 387. The predicted molar refractivity (Wildman–Crippen MR) is 75.7 cm³/mol. The Morgan fingerprint density at radius 1 is 1.32 bits per heavy atom. The van der Waals surface area contributed by atoms with Gasteiger partial charge in [-0.15, -0.1) is 0 Å². The van der Waals surface area contributed by atoms with E-state index in [1.807, 2.05) is 31.2 Å². The van der Waals surface area contributed by atoms with Gasteiger partial charge in [0.25, 0.3) is 0 Å². The van der Waals surface area contributed by atoms with Crippen LogP contribution in [-0.4, -0.2) is 30.3 Å². The molecule has 0 aliphatic carbocycles. The van der Waals surface area contributed by atoms with Crippen molar-refractivity contribution in [2.24, 2.45) is 0 Å². The van der Waals surface area contributed by atoms with Crippen molar-refractivity contribution in [1.29, 1.82) is 0 Å². The van der Waals surface area contributed by atoms with Gasteiger partial charge in [0.05, 0.1) is 0 Å². The van der Waals surface area contributed by atoms with Crippen molar-refractivity contribution >= 4 is 5.97 Å². The van der Waals surface area contributed by atoms with Gasteiger partial charge in [-0.3, -0.25) is 4.79 Å². The zero-order valence-electron chi connectivity index (χ0n) is 11.8. The minimum atomic E-state index is -0.882. The summed E-state index contributed by atoms with van der Waals surface area (Å²) in [6.45, 7) is 7.07. The maximum absolute atomic E-state index is 11.0. The molecule has 0 aliphatic heterocycles. The number of aliphatic carboxylic acids is 1. The largest absolute Gasteiger partial charge is 0.491 e. The summed E-state index contributed by atoms with van der Waals surface area (Å²) in [6.07, 6.45) is 0.896. The zero-order chi connectivity index (χ0) is 14.3. The Morgan fingerprint density at radius 2 is 1.95 bits per heavy atom. The van der Waals surface area contributed by atoms with E-state index in [4.69, 9.17) is 9.84 Å². The van der Waals surface area contributed by atoms with Crippen LogP contribution in [-0.2, 0) is 4.79 Å². The molecule has 0 aromatic heterocycles. The lowest BCUT2D eigenvalue weighted by molar-refractivity contribution is -0.140. The number of carbonyl (C=O) groups is 1. The second-order valence-corrected chi connectivity index (χ2v) is 4.88. The maximum atomic E-state index is 11.0. The van der Waals surface area contributed by atoms with Crippen LogP contribution >= 0.6 is 0 Å². The van der Waals surface area contributed by atoms with Crippen molar-refractivity contribution in [3.05, 3.63) is 29.8 Å². The average Bonchev–Trinajstić information content (AvgIpc) is 2.39. The van der Waals surface area contributed by atoms with E-state index in [-0.39, 0.29) is 6.61 Å². The lowest BCUT2D eigenvalue weighted by Crippen LogP contribution is -2.41. The molecule has 4 heteroatoms. The van der Waals surface area contributed by atoms with E-state index in [1.54, 1.807) is 0 Å². The fraction of sp³-hybridized carbons (Fsp3) is 0.533. The van der Waals surface area contributed by atoms with Crippen LogP contribution in [0.5, 0.6) is 5.75 Å². The van der Waals surface area contributed by atoms with Gasteiger partial charge in [0.15, 0.2) is 0 Å². The number of nitrogens with one attached hydrogen (secondary N) is 1. The van der Waals surface area contributed by atoms with Gasteiger partial charge in [-0.25, -0.2) is 0 Å². The molecule has 0 aliphatic rings. The molecule has 1 aromatic carbocycles. The zero-order valence-corrected chi connectivity index (χ0v) is 11.8. The minimum Gasteiger partial charge on any atom is -0.491 e. The molecule has 0 heterocycles. The molecule has 0 saturated heterocycles. The summed E-state index contributed by atoms with van der Waals surface area (Å²) < 4.78 is 5.52. The monoisotopic (exact) mass is 265 g/mol. The van der Waals surface area contributed by atoms with Gasteiger partial charge in [-0.05, 0) is 36.6 Å². The highest BCUT2D eigenvalue weighted by Gasteiger charge is 2.16. The van der Waals surface area contributed by atoms with Gasteiger partial charge in [0.2, 0.25) is 0 Å². The number of rotatable bonds is 8.